The smallest absolute Gasteiger partial charge is 0.242 e. The van der Waals surface area contributed by atoms with Gasteiger partial charge in [0.25, 0.3) is 0 Å². The summed E-state index contributed by atoms with van der Waals surface area (Å²) in [6.45, 7) is 5.46. The summed E-state index contributed by atoms with van der Waals surface area (Å²) in [5.41, 5.74) is 3.11. The van der Waals surface area contributed by atoms with Crippen molar-refractivity contribution in [3.63, 3.8) is 0 Å². The number of likely N-dealkylation sites (tertiary alicyclic amines) is 1. The summed E-state index contributed by atoms with van der Waals surface area (Å²) in [6.07, 6.45) is 4.61. The molecule has 30 heavy (non-hydrogen) atoms. The average molecular weight is 408 g/mol. The molecule has 1 aliphatic rings. The highest BCUT2D eigenvalue weighted by Gasteiger charge is 2.20. The number of hydrogen-bond donors (Lipinski definition) is 2. The maximum atomic E-state index is 12.8. The second-order valence-electron chi connectivity index (χ2n) is 8.10. The number of rotatable bonds is 9. The van der Waals surface area contributed by atoms with Crippen LogP contribution in [0.4, 0.5) is 5.69 Å². The van der Waals surface area contributed by atoms with Crippen LogP contribution in [0.3, 0.4) is 0 Å². The van der Waals surface area contributed by atoms with Crippen molar-refractivity contribution in [1.82, 2.24) is 10.2 Å². The van der Waals surface area contributed by atoms with Crippen molar-refractivity contribution in [2.75, 3.05) is 11.9 Å². The Labute approximate surface area is 179 Å². The average Bonchev–Trinajstić information content (AvgIpc) is 2.76. The molecule has 0 bridgehead atoms. The van der Waals surface area contributed by atoms with Crippen LogP contribution in [0.25, 0.3) is 0 Å². The van der Waals surface area contributed by atoms with E-state index in [2.05, 4.69) is 29.7 Å². The van der Waals surface area contributed by atoms with Crippen LogP contribution in [-0.2, 0) is 16.1 Å². The van der Waals surface area contributed by atoms with E-state index in [1.807, 2.05) is 54.3 Å². The Balaban J connectivity index is 1.59. The summed E-state index contributed by atoms with van der Waals surface area (Å²) in [6, 6.07) is 17.8. The molecule has 0 spiro atoms. The molecule has 2 aromatic carbocycles. The van der Waals surface area contributed by atoms with Gasteiger partial charge in [-0.05, 0) is 49.4 Å². The standard InChI is InChI=1S/C25H33N3O2/c1-3-10-23(21-12-5-4-6-13-21)27-25(30)19(2)26-22-14-9-11-20(17-22)18-28-16-8-7-15-24(28)29/h4-6,9,11-14,17,19,23,26H,3,7-8,10,15-16,18H2,1-2H3,(H,27,30). The van der Waals surface area contributed by atoms with Crippen LogP contribution in [0, 0.1) is 0 Å². The Kier molecular flexibility index (Phi) is 7.89. The number of carbonyl (C=O) groups excluding carboxylic acids is 2. The van der Waals surface area contributed by atoms with Gasteiger partial charge >= 0.3 is 0 Å². The zero-order valence-electron chi connectivity index (χ0n) is 18.1. The van der Waals surface area contributed by atoms with Crippen LogP contribution in [0.5, 0.6) is 0 Å². The predicted molar refractivity (Wildman–Crippen MR) is 121 cm³/mol. The molecule has 2 atom stereocenters. The van der Waals surface area contributed by atoms with Crippen LogP contribution in [-0.4, -0.2) is 29.3 Å². The molecule has 5 nitrogen and oxygen atoms in total. The van der Waals surface area contributed by atoms with Crippen LogP contribution in [0.15, 0.2) is 54.6 Å². The number of nitrogens with one attached hydrogen (secondary N) is 2. The third kappa shape index (κ3) is 6.09. The largest absolute Gasteiger partial charge is 0.374 e. The van der Waals surface area contributed by atoms with Gasteiger partial charge in [0.1, 0.15) is 6.04 Å². The van der Waals surface area contributed by atoms with E-state index in [0.29, 0.717) is 13.0 Å². The molecule has 1 saturated heterocycles. The Morgan fingerprint density at radius 1 is 1.10 bits per heavy atom. The lowest BCUT2D eigenvalue weighted by molar-refractivity contribution is -0.133. The molecule has 1 fully saturated rings. The number of amides is 2. The van der Waals surface area contributed by atoms with Crippen molar-refractivity contribution in [3.05, 3.63) is 65.7 Å². The molecule has 5 heteroatoms. The third-order valence-corrected chi connectivity index (χ3v) is 5.59. The van der Waals surface area contributed by atoms with Gasteiger partial charge < -0.3 is 15.5 Å². The lowest BCUT2D eigenvalue weighted by Gasteiger charge is -2.27. The lowest BCUT2D eigenvalue weighted by Crippen LogP contribution is -2.39. The first-order valence-corrected chi connectivity index (χ1v) is 11.1. The highest BCUT2D eigenvalue weighted by Crippen LogP contribution is 2.20. The predicted octanol–water partition coefficient (Wildman–Crippen LogP) is 4.66. The molecular weight excluding hydrogens is 374 g/mol. The fourth-order valence-electron chi connectivity index (χ4n) is 3.92. The quantitative estimate of drug-likeness (QED) is 0.636. The molecule has 1 aliphatic heterocycles. The van der Waals surface area contributed by atoms with Crippen molar-refractivity contribution in [3.8, 4) is 0 Å². The van der Waals surface area contributed by atoms with Gasteiger partial charge in [0, 0.05) is 25.2 Å². The summed E-state index contributed by atoms with van der Waals surface area (Å²) < 4.78 is 0. The molecule has 2 amide bonds. The molecule has 0 saturated carbocycles. The Morgan fingerprint density at radius 3 is 2.63 bits per heavy atom. The first-order valence-electron chi connectivity index (χ1n) is 11.1. The Hall–Kier alpha value is -2.82. The van der Waals surface area contributed by atoms with E-state index in [1.54, 1.807) is 0 Å². The van der Waals surface area contributed by atoms with E-state index in [4.69, 9.17) is 0 Å². The van der Waals surface area contributed by atoms with E-state index in [9.17, 15) is 9.59 Å². The van der Waals surface area contributed by atoms with Crippen LogP contribution >= 0.6 is 0 Å². The molecular formula is C25H33N3O2. The molecule has 0 aromatic heterocycles. The molecule has 2 unspecified atom stereocenters. The van der Waals surface area contributed by atoms with Crippen molar-refractivity contribution in [2.45, 2.75) is 64.6 Å². The number of anilines is 1. The van der Waals surface area contributed by atoms with E-state index in [0.717, 1.165) is 49.0 Å². The van der Waals surface area contributed by atoms with Crippen molar-refractivity contribution in [2.24, 2.45) is 0 Å². The minimum Gasteiger partial charge on any atom is -0.374 e. The Morgan fingerprint density at radius 2 is 1.90 bits per heavy atom. The highest BCUT2D eigenvalue weighted by atomic mass is 16.2. The monoisotopic (exact) mass is 407 g/mol. The van der Waals surface area contributed by atoms with Gasteiger partial charge in [-0.1, -0.05) is 55.8 Å². The van der Waals surface area contributed by atoms with Crippen molar-refractivity contribution < 1.29 is 9.59 Å². The summed E-state index contributed by atoms with van der Waals surface area (Å²) in [4.78, 5) is 26.8. The van der Waals surface area contributed by atoms with E-state index in [1.165, 1.54) is 0 Å². The maximum absolute atomic E-state index is 12.8. The molecule has 160 valence electrons. The van der Waals surface area contributed by atoms with Crippen molar-refractivity contribution in [1.29, 1.82) is 0 Å². The molecule has 1 heterocycles. The van der Waals surface area contributed by atoms with Crippen LogP contribution < -0.4 is 10.6 Å². The summed E-state index contributed by atoms with van der Waals surface area (Å²) in [7, 11) is 0. The summed E-state index contributed by atoms with van der Waals surface area (Å²) in [5.74, 6) is 0.212. The fourth-order valence-corrected chi connectivity index (χ4v) is 3.92. The normalized spacial score (nSPS) is 16.1. The van der Waals surface area contributed by atoms with Gasteiger partial charge in [0.05, 0.1) is 6.04 Å². The fraction of sp³-hybridized carbons (Fsp3) is 0.440. The first kappa shape index (κ1) is 21.9. The second kappa shape index (κ2) is 10.8. The van der Waals surface area contributed by atoms with Gasteiger partial charge in [0.15, 0.2) is 0 Å². The topological polar surface area (TPSA) is 61.4 Å². The van der Waals surface area contributed by atoms with Gasteiger partial charge in [-0.2, -0.15) is 0 Å². The maximum Gasteiger partial charge on any atom is 0.242 e. The van der Waals surface area contributed by atoms with E-state index < -0.39 is 0 Å². The summed E-state index contributed by atoms with van der Waals surface area (Å²) in [5, 5.41) is 6.50. The second-order valence-corrected chi connectivity index (χ2v) is 8.10. The molecule has 2 N–H and O–H groups in total. The van der Waals surface area contributed by atoms with Gasteiger partial charge in [0.2, 0.25) is 11.8 Å². The number of benzene rings is 2. The number of piperidine rings is 1. The number of carbonyl (C=O) groups is 2. The third-order valence-electron chi connectivity index (χ3n) is 5.59. The molecule has 0 radical (unpaired) electrons. The zero-order valence-corrected chi connectivity index (χ0v) is 18.1. The molecule has 2 aromatic rings. The first-order chi connectivity index (χ1) is 14.6. The summed E-state index contributed by atoms with van der Waals surface area (Å²) >= 11 is 0. The lowest BCUT2D eigenvalue weighted by atomic mass is 10.0. The van der Waals surface area contributed by atoms with Crippen LogP contribution in [0.1, 0.15) is 63.1 Å². The number of nitrogens with zero attached hydrogens (tertiary/aromatic N) is 1. The Bertz CT molecular complexity index is 837. The molecule has 3 rings (SSSR count). The van der Waals surface area contributed by atoms with Gasteiger partial charge in [-0.15, -0.1) is 0 Å². The minimum atomic E-state index is -0.361. The SMILES string of the molecule is CCCC(NC(=O)C(C)Nc1cccc(CN2CCCCC2=O)c1)c1ccccc1. The minimum absolute atomic E-state index is 0.0180. The van der Waals surface area contributed by atoms with E-state index >= 15 is 0 Å². The van der Waals surface area contributed by atoms with Gasteiger partial charge in [-0.3, -0.25) is 9.59 Å². The zero-order chi connectivity index (χ0) is 21.3. The van der Waals surface area contributed by atoms with E-state index in [-0.39, 0.29) is 23.9 Å². The highest BCUT2D eigenvalue weighted by molar-refractivity contribution is 5.84. The van der Waals surface area contributed by atoms with Crippen LogP contribution in [0.2, 0.25) is 0 Å². The number of hydrogen-bond acceptors (Lipinski definition) is 3. The van der Waals surface area contributed by atoms with Crippen molar-refractivity contribution >= 4 is 17.5 Å². The van der Waals surface area contributed by atoms with Gasteiger partial charge in [-0.25, -0.2) is 0 Å². The molecule has 0 aliphatic carbocycles.